The van der Waals surface area contributed by atoms with Crippen LogP contribution in [-0.2, 0) is 14.3 Å². The highest BCUT2D eigenvalue weighted by Crippen LogP contribution is 2.18. The van der Waals surface area contributed by atoms with Crippen molar-refractivity contribution in [2.45, 2.75) is 6.42 Å². The summed E-state index contributed by atoms with van der Waals surface area (Å²) in [6, 6.07) is 6.57. The van der Waals surface area contributed by atoms with Crippen LogP contribution in [0.5, 0.6) is 5.75 Å². The maximum absolute atomic E-state index is 12.0. The van der Waals surface area contributed by atoms with Crippen LogP contribution in [0.2, 0.25) is 0 Å². The molecule has 1 amide bonds. The number of nitrogens with zero attached hydrogens (tertiary/aromatic N) is 1. The van der Waals surface area contributed by atoms with E-state index in [-0.39, 0.29) is 23.5 Å². The number of benzene rings is 1. The molecule has 1 fully saturated rings. The quantitative estimate of drug-likeness (QED) is 0.669. The minimum atomic E-state index is -0.261. The van der Waals surface area contributed by atoms with E-state index in [2.05, 4.69) is 4.74 Å². The van der Waals surface area contributed by atoms with Crippen molar-refractivity contribution in [1.29, 1.82) is 0 Å². The van der Waals surface area contributed by atoms with Gasteiger partial charge in [-0.3, -0.25) is 9.59 Å². The number of likely N-dealkylation sites (tertiary alicyclic amines) is 1. The van der Waals surface area contributed by atoms with E-state index in [0.29, 0.717) is 19.5 Å². The Morgan fingerprint density at radius 2 is 2.05 bits per heavy atom. The van der Waals surface area contributed by atoms with Gasteiger partial charge in [0.15, 0.2) is 0 Å². The Kier molecular flexibility index (Phi) is 4.40. The van der Waals surface area contributed by atoms with Gasteiger partial charge in [0.25, 0.3) is 0 Å². The minimum absolute atomic E-state index is 0.121. The van der Waals surface area contributed by atoms with E-state index >= 15 is 0 Å². The predicted octanol–water partition coefficient (Wildman–Crippen LogP) is 1.43. The number of hydrogen-bond acceptors (Lipinski definition) is 4. The van der Waals surface area contributed by atoms with Crippen LogP contribution in [0.1, 0.15) is 12.0 Å². The van der Waals surface area contributed by atoms with Crippen LogP contribution in [0, 0.1) is 5.92 Å². The topological polar surface area (TPSA) is 66.8 Å². The fraction of sp³-hybridized carbons (Fsp3) is 0.333. The van der Waals surface area contributed by atoms with Crippen LogP contribution in [0.4, 0.5) is 0 Å². The molecule has 106 valence electrons. The van der Waals surface area contributed by atoms with Gasteiger partial charge >= 0.3 is 5.97 Å². The molecule has 1 atom stereocenters. The van der Waals surface area contributed by atoms with E-state index in [1.54, 1.807) is 35.2 Å². The Labute approximate surface area is 117 Å². The normalized spacial score (nSPS) is 18.4. The number of esters is 1. The smallest absolute Gasteiger partial charge is 0.310 e. The lowest BCUT2D eigenvalue weighted by Crippen LogP contribution is -2.28. The molecule has 5 heteroatoms. The van der Waals surface area contributed by atoms with E-state index in [4.69, 9.17) is 5.11 Å². The molecule has 0 radical (unpaired) electrons. The summed E-state index contributed by atoms with van der Waals surface area (Å²) in [5.74, 6) is -0.410. The largest absolute Gasteiger partial charge is 0.508 e. The molecule has 20 heavy (non-hydrogen) atoms. The van der Waals surface area contributed by atoms with Gasteiger partial charge < -0.3 is 14.7 Å². The van der Waals surface area contributed by atoms with Gasteiger partial charge in [0.1, 0.15) is 5.75 Å². The Hall–Kier alpha value is -2.30. The fourth-order valence-electron chi connectivity index (χ4n) is 2.18. The molecular formula is C15H17NO4. The van der Waals surface area contributed by atoms with E-state index in [1.807, 2.05) is 0 Å². The first-order chi connectivity index (χ1) is 9.60. The highest BCUT2D eigenvalue weighted by atomic mass is 16.5. The van der Waals surface area contributed by atoms with Crippen LogP contribution < -0.4 is 0 Å². The zero-order valence-electron chi connectivity index (χ0n) is 11.3. The van der Waals surface area contributed by atoms with Crippen molar-refractivity contribution >= 4 is 18.0 Å². The predicted molar refractivity (Wildman–Crippen MR) is 73.8 cm³/mol. The average Bonchev–Trinajstić information content (AvgIpc) is 2.95. The second kappa shape index (κ2) is 6.23. The van der Waals surface area contributed by atoms with E-state index in [1.165, 1.54) is 13.2 Å². The van der Waals surface area contributed by atoms with Crippen molar-refractivity contribution in [3.8, 4) is 5.75 Å². The maximum atomic E-state index is 12.0. The SMILES string of the molecule is COC(=O)C1CCN(C(=O)/C=C/c2ccc(O)cc2)C1. The van der Waals surface area contributed by atoms with Crippen molar-refractivity contribution in [2.75, 3.05) is 20.2 Å². The molecule has 1 unspecified atom stereocenters. The monoisotopic (exact) mass is 275 g/mol. The summed E-state index contributed by atoms with van der Waals surface area (Å²) in [6.07, 6.45) is 3.81. The van der Waals surface area contributed by atoms with Crippen molar-refractivity contribution < 1.29 is 19.4 Å². The Morgan fingerprint density at radius 1 is 1.35 bits per heavy atom. The molecule has 0 aromatic heterocycles. The number of carbonyl (C=O) groups is 2. The van der Waals surface area contributed by atoms with Gasteiger partial charge in [0.2, 0.25) is 5.91 Å². The van der Waals surface area contributed by atoms with Gasteiger partial charge in [0.05, 0.1) is 13.0 Å². The second-order valence-corrected chi connectivity index (χ2v) is 4.72. The minimum Gasteiger partial charge on any atom is -0.508 e. The lowest BCUT2D eigenvalue weighted by Gasteiger charge is -2.13. The highest BCUT2D eigenvalue weighted by molar-refractivity contribution is 5.92. The molecule has 1 aromatic rings. The first-order valence-electron chi connectivity index (χ1n) is 6.44. The van der Waals surface area contributed by atoms with Crippen molar-refractivity contribution in [3.05, 3.63) is 35.9 Å². The van der Waals surface area contributed by atoms with E-state index < -0.39 is 0 Å². The summed E-state index contributed by atoms with van der Waals surface area (Å²) in [5, 5.41) is 9.17. The molecule has 1 aliphatic heterocycles. The summed E-state index contributed by atoms with van der Waals surface area (Å²) in [7, 11) is 1.36. The number of ether oxygens (including phenoxy) is 1. The molecule has 0 bridgehead atoms. The Morgan fingerprint density at radius 3 is 2.70 bits per heavy atom. The van der Waals surface area contributed by atoms with Crippen molar-refractivity contribution in [1.82, 2.24) is 4.90 Å². The van der Waals surface area contributed by atoms with Crippen LogP contribution in [-0.4, -0.2) is 42.1 Å². The van der Waals surface area contributed by atoms with Crippen LogP contribution in [0.3, 0.4) is 0 Å². The van der Waals surface area contributed by atoms with Crippen molar-refractivity contribution in [2.24, 2.45) is 5.92 Å². The second-order valence-electron chi connectivity index (χ2n) is 4.72. The molecule has 1 aliphatic rings. The lowest BCUT2D eigenvalue weighted by molar-refractivity contribution is -0.145. The molecule has 1 heterocycles. The summed E-state index contributed by atoms with van der Waals surface area (Å²) >= 11 is 0. The number of carbonyl (C=O) groups excluding carboxylic acids is 2. The first-order valence-corrected chi connectivity index (χ1v) is 6.44. The number of phenols is 1. The van der Waals surface area contributed by atoms with Gasteiger partial charge in [-0.25, -0.2) is 0 Å². The number of rotatable bonds is 3. The van der Waals surface area contributed by atoms with Gasteiger partial charge in [0, 0.05) is 19.2 Å². The summed E-state index contributed by atoms with van der Waals surface area (Å²) in [5.41, 5.74) is 0.833. The standard InChI is InChI=1S/C15H17NO4/c1-20-15(19)12-8-9-16(10-12)14(18)7-4-11-2-5-13(17)6-3-11/h2-7,12,17H,8-10H2,1H3/b7-4+. The molecule has 0 spiro atoms. The number of phenolic OH excluding ortho intramolecular Hbond substituents is 1. The summed E-state index contributed by atoms with van der Waals surface area (Å²) < 4.78 is 4.68. The van der Waals surface area contributed by atoms with Crippen molar-refractivity contribution in [3.63, 3.8) is 0 Å². The third-order valence-corrected chi connectivity index (χ3v) is 3.35. The maximum Gasteiger partial charge on any atom is 0.310 e. The molecule has 2 rings (SSSR count). The summed E-state index contributed by atoms with van der Waals surface area (Å²) in [4.78, 5) is 25.0. The van der Waals surface area contributed by atoms with Gasteiger partial charge in [-0.1, -0.05) is 12.1 Å². The average molecular weight is 275 g/mol. The first kappa shape index (κ1) is 14.1. The highest BCUT2D eigenvalue weighted by Gasteiger charge is 2.30. The van der Waals surface area contributed by atoms with Crippen LogP contribution >= 0.6 is 0 Å². The van der Waals surface area contributed by atoms with E-state index in [9.17, 15) is 9.59 Å². The third-order valence-electron chi connectivity index (χ3n) is 3.35. The molecular weight excluding hydrogens is 258 g/mol. The fourth-order valence-corrected chi connectivity index (χ4v) is 2.18. The zero-order valence-corrected chi connectivity index (χ0v) is 11.3. The number of methoxy groups -OCH3 is 1. The van der Waals surface area contributed by atoms with E-state index in [0.717, 1.165) is 5.56 Å². The molecule has 5 nitrogen and oxygen atoms in total. The molecule has 0 aliphatic carbocycles. The molecule has 0 saturated carbocycles. The zero-order chi connectivity index (χ0) is 14.5. The lowest BCUT2D eigenvalue weighted by atomic mass is 10.1. The Balaban J connectivity index is 1.92. The molecule has 1 aromatic carbocycles. The van der Waals surface area contributed by atoms with Crippen LogP contribution in [0.25, 0.3) is 6.08 Å². The number of hydrogen-bond donors (Lipinski definition) is 1. The number of amides is 1. The van der Waals surface area contributed by atoms with Crippen LogP contribution in [0.15, 0.2) is 30.3 Å². The number of aromatic hydroxyl groups is 1. The third kappa shape index (κ3) is 3.38. The van der Waals surface area contributed by atoms with Gasteiger partial charge in [-0.2, -0.15) is 0 Å². The Bertz CT molecular complexity index is 521. The summed E-state index contributed by atoms with van der Waals surface area (Å²) in [6.45, 7) is 0.976. The van der Waals surface area contributed by atoms with Gasteiger partial charge in [-0.05, 0) is 30.2 Å². The van der Waals surface area contributed by atoms with Gasteiger partial charge in [-0.15, -0.1) is 0 Å². The molecule has 1 N–H and O–H groups in total. The molecule has 1 saturated heterocycles.